The maximum atomic E-state index is 11.5. The highest BCUT2D eigenvalue weighted by molar-refractivity contribution is 5.99. The Morgan fingerprint density at radius 1 is 1.38 bits per heavy atom. The van der Waals surface area contributed by atoms with Crippen molar-refractivity contribution in [3.05, 3.63) is 23.3 Å². The van der Waals surface area contributed by atoms with Crippen molar-refractivity contribution in [3.63, 3.8) is 0 Å². The molecule has 13 heavy (non-hydrogen) atoms. The molecule has 1 heteroatoms. The number of rotatable bonds is 3. The molecule has 1 aliphatic rings. The van der Waals surface area contributed by atoms with Crippen molar-refractivity contribution in [2.45, 2.75) is 46.0 Å². The summed E-state index contributed by atoms with van der Waals surface area (Å²) in [7, 11) is 0. The maximum absolute atomic E-state index is 11.5. The molecule has 1 rings (SSSR count). The van der Waals surface area contributed by atoms with Crippen molar-refractivity contribution in [2.75, 3.05) is 0 Å². The van der Waals surface area contributed by atoms with Gasteiger partial charge in [0.25, 0.3) is 0 Å². The van der Waals surface area contributed by atoms with Gasteiger partial charge < -0.3 is 0 Å². The van der Waals surface area contributed by atoms with Gasteiger partial charge in [0.1, 0.15) is 0 Å². The van der Waals surface area contributed by atoms with Crippen molar-refractivity contribution in [3.8, 4) is 0 Å². The van der Waals surface area contributed by atoms with E-state index in [1.807, 2.05) is 6.08 Å². The fourth-order valence-electron chi connectivity index (χ4n) is 1.62. The predicted molar refractivity (Wildman–Crippen MR) is 55.6 cm³/mol. The molecule has 0 atom stereocenters. The SMILES string of the molecule is CCC/C=C/C1=C(C)CCCC1=O. The van der Waals surface area contributed by atoms with Crippen LogP contribution in [0.5, 0.6) is 0 Å². The average Bonchev–Trinajstić information content (AvgIpc) is 2.10. The van der Waals surface area contributed by atoms with Crippen LogP contribution in [0.25, 0.3) is 0 Å². The summed E-state index contributed by atoms with van der Waals surface area (Å²) in [6.45, 7) is 4.22. The molecule has 0 radical (unpaired) electrons. The predicted octanol–water partition coefficient (Wildman–Crippen LogP) is 3.41. The van der Waals surface area contributed by atoms with E-state index in [2.05, 4.69) is 19.9 Å². The fraction of sp³-hybridized carbons (Fsp3) is 0.583. The standard InChI is InChI=1S/C12H18O/c1-3-4-5-8-11-10(2)7-6-9-12(11)13/h5,8H,3-4,6-7,9H2,1-2H3/b8-5+. The summed E-state index contributed by atoms with van der Waals surface area (Å²) in [4.78, 5) is 11.5. The lowest BCUT2D eigenvalue weighted by Gasteiger charge is -2.13. The van der Waals surface area contributed by atoms with Gasteiger partial charge in [0.15, 0.2) is 5.78 Å². The molecule has 0 saturated heterocycles. The molecule has 0 heterocycles. The van der Waals surface area contributed by atoms with E-state index >= 15 is 0 Å². The zero-order valence-electron chi connectivity index (χ0n) is 8.60. The van der Waals surface area contributed by atoms with Crippen LogP contribution in [0.2, 0.25) is 0 Å². The fourth-order valence-corrected chi connectivity index (χ4v) is 1.62. The number of carbonyl (C=O) groups is 1. The van der Waals surface area contributed by atoms with Crippen molar-refractivity contribution in [1.29, 1.82) is 0 Å². The molecular formula is C12H18O. The molecule has 0 aliphatic heterocycles. The van der Waals surface area contributed by atoms with Gasteiger partial charge in [-0.2, -0.15) is 0 Å². The second kappa shape index (κ2) is 5.00. The zero-order valence-corrected chi connectivity index (χ0v) is 8.60. The minimum Gasteiger partial charge on any atom is -0.294 e. The molecule has 0 fully saturated rings. The van der Waals surface area contributed by atoms with Crippen LogP contribution < -0.4 is 0 Å². The van der Waals surface area contributed by atoms with E-state index in [4.69, 9.17) is 0 Å². The lowest BCUT2D eigenvalue weighted by molar-refractivity contribution is -0.115. The molecule has 0 aromatic rings. The Kier molecular flexibility index (Phi) is 3.94. The van der Waals surface area contributed by atoms with Gasteiger partial charge in [-0.3, -0.25) is 4.79 Å². The minimum absolute atomic E-state index is 0.330. The van der Waals surface area contributed by atoms with Gasteiger partial charge in [-0.05, 0) is 26.2 Å². The van der Waals surface area contributed by atoms with E-state index in [0.29, 0.717) is 5.78 Å². The Labute approximate surface area is 80.5 Å². The van der Waals surface area contributed by atoms with Gasteiger partial charge >= 0.3 is 0 Å². The summed E-state index contributed by atoms with van der Waals surface area (Å²) < 4.78 is 0. The highest BCUT2D eigenvalue weighted by atomic mass is 16.1. The summed E-state index contributed by atoms with van der Waals surface area (Å²) in [5.41, 5.74) is 2.24. The quantitative estimate of drug-likeness (QED) is 0.647. The zero-order chi connectivity index (χ0) is 9.68. The largest absolute Gasteiger partial charge is 0.294 e. The third-order valence-electron chi connectivity index (χ3n) is 2.46. The molecule has 1 nitrogen and oxygen atoms in total. The summed E-state index contributed by atoms with van der Waals surface area (Å²) in [5, 5.41) is 0. The van der Waals surface area contributed by atoms with Crippen LogP contribution in [0.15, 0.2) is 23.3 Å². The van der Waals surface area contributed by atoms with Crippen molar-refractivity contribution in [2.24, 2.45) is 0 Å². The second-order valence-electron chi connectivity index (χ2n) is 3.66. The first-order chi connectivity index (χ1) is 6.25. The maximum Gasteiger partial charge on any atom is 0.162 e. The van der Waals surface area contributed by atoms with E-state index in [9.17, 15) is 4.79 Å². The smallest absolute Gasteiger partial charge is 0.162 e. The number of hydrogen-bond donors (Lipinski definition) is 0. The second-order valence-corrected chi connectivity index (χ2v) is 3.66. The highest BCUT2D eigenvalue weighted by Gasteiger charge is 2.14. The van der Waals surface area contributed by atoms with Gasteiger partial charge in [-0.15, -0.1) is 0 Å². The molecule has 0 amide bonds. The lowest BCUT2D eigenvalue weighted by atomic mass is 9.91. The van der Waals surface area contributed by atoms with Crippen LogP contribution in [0.4, 0.5) is 0 Å². The molecule has 1 aliphatic carbocycles. The van der Waals surface area contributed by atoms with Crippen LogP contribution >= 0.6 is 0 Å². The van der Waals surface area contributed by atoms with Gasteiger partial charge in [-0.25, -0.2) is 0 Å². The van der Waals surface area contributed by atoms with E-state index in [-0.39, 0.29) is 0 Å². The molecule has 0 saturated carbocycles. The molecule has 0 aromatic carbocycles. The molecule has 72 valence electrons. The first-order valence-corrected chi connectivity index (χ1v) is 5.15. The average molecular weight is 178 g/mol. The van der Waals surface area contributed by atoms with E-state index in [1.165, 1.54) is 5.57 Å². The monoisotopic (exact) mass is 178 g/mol. The molecule has 0 bridgehead atoms. The van der Waals surface area contributed by atoms with Gasteiger partial charge in [0.05, 0.1) is 0 Å². The van der Waals surface area contributed by atoms with Gasteiger partial charge in [-0.1, -0.05) is 31.1 Å². The number of allylic oxidation sites excluding steroid dienone is 4. The van der Waals surface area contributed by atoms with Crippen LogP contribution in [0.3, 0.4) is 0 Å². The number of Topliss-reactive ketones (excluding diaryl/α,β-unsaturated/α-hetero) is 1. The van der Waals surface area contributed by atoms with E-state index < -0.39 is 0 Å². The Morgan fingerprint density at radius 3 is 2.77 bits per heavy atom. The summed E-state index contributed by atoms with van der Waals surface area (Å²) in [6.07, 6.45) is 9.22. The van der Waals surface area contributed by atoms with Crippen LogP contribution in [0.1, 0.15) is 46.0 Å². The lowest BCUT2D eigenvalue weighted by Crippen LogP contribution is -2.08. The van der Waals surface area contributed by atoms with E-state index in [1.54, 1.807) is 0 Å². The van der Waals surface area contributed by atoms with Crippen LogP contribution in [0, 0.1) is 0 Å². The summed E-state index contributed by atoms with van der Waals surface area (Å²) >= 11 is 0. The molecular weight excluding hydrogens is 160 g/mol. The first kappa shape index (κ1) is 10.2. The molecule has 0 spiro atoms. The van der Waals surface area contributed by atoms with Crippen LogP contribution in [-0.4, -0.2) is 5.78 Å². The van der Waals surface area contributed by atoms with Crippen molar-refractivity contribution in [1.82, 2.24) is 0 Å². The third-order valence-corrected chi connectivity index (χ3v) is 2.46. The Morgan fingerprint density at radius 2 is 2.15 bits per heavy atom. The minimum atomic E-state index is 0.330. The number of carbonyl (C=O) groups excluding carboxylic acids is 1. The Balaban J connectivity index is 2.68. The van der Waals surface area contributed by atoms with Gasteiger partial charge in [0, 0.05) is 12.0 Å². The molecule has 0 aromatic heterocycles. The van der Waals surface area contributed by atoms with Crippen molar-refractivity contribution >= 4 is 5.78 Å². The topological polar surface area (TPSA) is 17.1 Å². The Hall–Kier alpha value is -0.850. The number of unbranched alkanes of at least 4 members (excludes halogenated alkanes) is 1. The van der Waals surface area contributed by atoms with Gasteiger partial charge in [0.2, 0.25) is 0 Å². The van der Waals surface area contributed by atoms with Crippen molar-refractivity contribution < 1.29 is 4.79 Å². The number of ketones is 1. The van der Waals surface area contributed by atoms with Crippen LogP contribution in [-0.2, 0) is 4.79 Å². The number of hydrogen-bond acceptors (Lipinski definition) is 1. The van der Waals surface area contributed by atoms with E-state index in [0.717, 1.165) is 37.7 Å². The summed E-state index contributed by atoms with van der Waals surface area (Å²) in [6, 6.07) is 0. The first-order valence-electron chi connectivity index (χ1n) is 5.15. The molecule has 0 unspecified atom stereocenters. The highest BCUT2D eigenvalue weighted by Crippen LogP contribution is 2.22. The normalized spacial score (nSPS) is 18.8. The summed E-state index contributed by atoms with van der Waals surface area (Å²) in [5.74, 6) is 0.330. The third kappa shape index (κ3) is 2.83. The Bertz CT molecular complexity index is 246. The molecule has 0 N–H and O–H groups in total.